The first-order valence-corrected chi connectivity index (χ1v) is 12.5. The van der Waals surface area contributed by atoms with Crippen LogP contribution in [0.25, 0.3) is 11.0 Å². The van der Waals surface area contributed by atoms with Gasteiger partial charge in [0.1, 0.15) is 11.6 Å². The van der Waals surface area contributed by atoms with Crippen molar-refractivity contribution in [2.24, 2.45) is 0 Å². The number of anilines is 1. The first-order chi connectivity index (χ1) is 16.2. The third-order valence-corrected chi connectivity index (χ3v) is 7.47. The Bertz CT molecular complexity index is 1180. The minimum Gasteiger partial charge on any atom is -0.497 e. The number of pyridine rings is 1. The summed E-state index contributed by atoms with van der Waals surface area (Å²) in [5.41, 5.74) is 2.65. The van der Waals surface area contributed by atoms with Gasteiger partial charge in [0.2, 0.25) is 0 Å². The predicted octanol–water partition coefficient (Wildman–Crippen LogP) is 2.99. The van der Waals surface area contributed by atoms with Crippen molar-refractivity contribution in [3.8, 4) is 5.75 Å². The summed E-state index contributed by atoms with van der Waals surface area (Å²) in [7, 11) is 1.63. The smallest absolute Gasteiger partial charge is 0.269 e. The second-order valence-electron chi connectivity index (χ2n) is 8.52. The quantitative estimate of drug-likeness (QED) is 0.510. The van der Waals surface area contributed by atoms with Crippen LogP contribution in [0.2, 0.25) is 0 Å². The first kappa shape index (κ1) is 24.8. The number of ether oxygens (including phenoxy) is 1. The summed E-state index contributed by atoms with van der Waals surface area (Å²) in [5, 5.41) is 7.08. The van der Waals surface area contributed by atoms with Gasteiger partial charge in [0.25, 0.3) is 5.56 Å². The lowest BCUT2D eigenvalue weighted by Gasteiger charge is -2.32. The molecule has 1 aromatic carbocycles. The summed E-state index contributed by atoms with van der Waals surface area (Å²) in [4.78, 5) is 25.2. The molecule has 0 radical (unpaired) electrons. The predicted molar refractivity (Wildman–Crippen MR) is 140 cm³/mol. The third kappa shape index (κ3) is 5.66. The van der Waals surface area contributed by atoms with E-state index < -0.39 is 0 Å². The van der Waals surface area contributed by atoms with Gasteiger partial charge in [-0.3, -0.25) is 4.79 Å². The zero-order valence-corrected chi connectivity index (χ0v) is 21.0. The van der Waals surface area contributed by atoms with Crippen molar-refractivity contribution in [2.45, 2.75) is 36.9 Å². The van der Waals surface area contributed by atoms with Crippen LogP contribution in [0.4, 0.5) is 5.82 Å². The molecule has 1 fully saturated rings. The second kappa shape index (κ2) is 11.4. The number of hydrogen-bond acceptors (Lipinski definition) is 8. The van der Waals surface area contributed by atoms with Crippen LogP contribution in [0.15, 0.2) is 46.2 Å². The number of thioether (sulfide) groups is 1. The van der Waals surface area contributed by atoms with Crippen molar-refractivity contribution in [1.29, 1.82) is 0 Å². The molecule has 8 nitrogen and oxygen atoms in total. The van der Waals surface area contributed by atoms with Crippen molar-refractivity contribution in [3.05, 3.63) is 52.6 Å². The minimum atomic E-state index is -0.0715. The Kier molecular flexibility index (Phi) is 8.31. The number of nitrogens with zero attached hydrogens (tertiary/aromatic N) is 4. The Morgan fingerprint density at radius 1 is 1.21 bits per heavy atom. The summed E-state index contributed by atoms with van der Waals surface area (Å²) >= 11 is 1.87. The molecule has 2 aliphatic rings. The van der Waals surface area contributed by atoms with Crippen molar-refractivity contribution in [1.82, 2.24) is 24.8 Å². The molecule has 182 valence electrons. The number of hydrogen-bond donors (Lipinski definition) is 2. The van der Waals surface area contributed by atoms with Crippen LogP contribution in [0.1, 0.15) is 18.5 Å². The van der Waals surface area contributed by atoms with E-state index in [1.54, 1.807) is 7.11 Å². The lowest BCUT2D eigenvalue weighted by atomic mass is 10.0. The van der Waals surface area contributed by atoms with Crippen LogP contribution in [-0.4, -0.2) is 64.5 Å². The molecular weight excluding hydrogens is 472 g/mol. The average molecular weight is 503 g/mol. The topological polar surface area (TPSA) is 84.3 Å². The summed E-state index contributed by atoms with van der Waals surface area (Å²) in [6.45, 7) is 5.31. The highest BCUT2D eigenvalue weighted by Crippen LogP contribution is 2.29. The highest BCUT2D eigenvalue weighted by molar-refractivity contribution is 7.99. The fourth-order valence-electron chi connectivity index (χ4n) is 4.51. The number of piperidine rings is 1. The fraction of sp³-hybridized carbons (Fsp3) is 0.458. The Balaban J connectivity index is 0.00000274. The van der Waals surface area contributed by atoms with Gasteiger partial charge in [0, 0.05) is 48.9 Å². The maximum Gasteiger partial charge on any atom is 0.269 e. The molecule has 2 aliphatic heterocycles. The summed E-state index contributed by atoms with van der Waals surface area (Å²) in [6, 6.07) is 10.5. The largest absolute Gasteiger partial charge is 0.497 e. The van der Waals surface area contributed by atoms with E-state index in [0.717, 1.165) is 79.6 Å². The Hall–Kier alpha value is -2.33. The molecule has 0 saturated carbocycles. The monoisotopic (exact) mass is 502 g/mol. The van der Waals surface area contributed by atoms with E-state index in [2.05, 4.69) is 32.7 Å². The van der Waals surface area contributed by atoms with Gasteiger partial charge in [0.15, 0.2) is 0 Å². The zero-order valence-electron chi connectivity index (χ0n) is 19.3. The summed E-state index contributed by atoms with van der Waals surface area (Å²) in [5.74, 6) is 2.86. The first-order valence-electron chi connectivity index (χ1n) is 11.6. The van der Waals surface area contributed by atoms with E-state index in [1.165, 1.54) is 11.1 Å². The molecule has 0 bridgehead atoms. The Morgan fingerprint density at radius 2 is 2.06 bits per heavy atom. The van der Waals surface area contributed by atoms with Crippen molar-refractivity contribution >= 4 is 41.0 Å². The molecule has 1 saturated heterocycles. The molecule has 3 aromatic rings. The van der Waals surface area contributed by atoms with E-state index in [4.69, 9.17) is 9.72 Å². The summed E-state index contributed by atoms with van der Waals surface area (Å²) in [6.07, 6.45) is 3.60. The minimum absolute atomic E-state index is 0. The molecule has 4 heterocycles. The molecule has 0 spiro atoms. The normalized spacial score (nSPS) is 16.5. The van der Waals surface area contributed by atoms with Gasteiger partial charge in [-0.2, -0.15) is 0 Å². The standard InChI is InChI=1S/C24H30N6O2S.ClH/c1-32-19-3-4-20-21(14-19)30(23(31)16-27-20)12-11-29-9-6-17(7-10-29)26-15-18-2-5-22-24(28-18)25-8-13-33-22;/h2-5,14,16-17,26H,6-13,15H2,1H3,(H,25,28);1H. The lowest BCUT2D eigenvalue weighted by Crippen LogP contribution is -2.43. The number of methoxy groups -OCH3 is 1. The maximum atomic E-state index is 12.5. The number of fused-ring (bicyclic) bond motifs is 2. The van der Waals surface area contributed by atoms with E-state index in [-0.39, 0.29) is 18.0 Å². The average Bonchev–Trinajstić information content (AvgIpc) is 2.87. The van der Waals surface area contributed by atoms with E-state index in [1.807, 2.05) is 34.5 Å². The van der Waals surface area contributed by atoms with Gasteiger partial charge >= 0.3 is 0 Å². The van der Waals surface area contributed by atoms with Crippen LogP contribution >= 0.6 is 24.2 Å². The van der Waals surface area contributed by atoms with E-state index in [0.29, 0.717) is 12.6 Å². The molecule has 0 amide bonds. The molecule has 5 rings (SSSR count). The molecule has 2 aromatic heterocycles. The number of aromatic nitrogens is 3. The van der Waals surface area contributed by atoms with Gasteiger partial charge in [-0.15, -0.1) is 24.2 Å². The number of rotatable bonds is 7. The molecule has 0 atom stereocenters. The molecule has 2 N–H and O–H groups in total. The van der Waals surface area contributed by atoms with E-state index >= 15 is 0 Å². The van der Waals surface area contributed by atoms with Crippen molar-refractivity contribution in [2.75, 3.05) is 44.4 Å². The lowest BCUT2D eigenvalue weighted by molar-refractivity contribution is 0.191. The molecule has 10 heteroatoms. The SMILES string of the molecule is COc1ccc2ncc(=O)n(CCN3CCC(NCc4ccc5c(n4)NCCS5)CC3)c2c1.Cl. The Morgan fingerprint density at radius 3 is 2.88 bits per heavy atom. The fourth-order valence-corrected chi connectivity index (χ4v) is 5.35. The number of benzene rings is 1. The number of halogens is 1. The van der Waals surface area contributed by atoms with Crippen LogP contribution in [0, 0.1) is 0 Å². The maximum absolute atomic E-state index is 12.5. The van der Waals surface area contributed by atoms with Crippen molar-refractivity contribution in [3.63, 3.8) is 0 Å². The molecule has 34 heavy (non-hydrogen) atoms. The second-order valence-corrected chi connectivity index (χ2v) is 9.66. The highest BCUT2D eigenvalue weighted by atomic mass is 35.5. The number of nitrogens with one attached hydrogen (secondary N) is 2. The Labute approximate surface area is 209 Å². The van der Waals surface area contributed by atoms with Gasteiger partial charge in [0.05, 0.1) is 30.0 Å². The number of likely N-dealkylation sites (tertiary alicyclic amines) is 1. The van der Waals surface area contributed by atoms with Crippen LogP contribution < -0.4 is 20.9 Å². The van der Waals surface area contributed by atoms with Crippen LogP contribution in [0.5, 0.6) is 5.75 Å². The van der Waals surface area contributed by atoms with E-state index in [9.17, 15) is 4.79 Å². The molecular formula is C24H31ClN6O2S. The van der Waals surface area contributed by atoms with Crippen molar-refractivity contribution < 1.29 is 4.74 Å². The summed E-state index contributed by atoms with van der Waals surface area (Å²) < 4.78 is 7.14. The molecule has 0 aliphatic carbocycles. The van der Waals surface area contributed by atoms with Gasteiger partial charge < -0.3 is 24.8 Å². The van der Waals surface area contributed by atoms with Gasteiger partial charge in [-0.05, 0) is 50.2 Å². The van der Waals surface area contributed by atoms with Gasteiger partial charge in [-0.1, -0.05) is 0 Å². The van der Waals surface area contributed by atoms with Crippen LogP contribution in [-0.2, 0) is 13.1 Å². The zero-order chi connectivity index (χ0) is 22.6. The van der Waals surface area contributed by atoms with Gasteiger partial charge in [-0.25, -0.2) is 9.97 Å². The molecule has 0 unspecified atom stereocenters. The highest BCUT2D eigenvalue weighted by Gasteiger charge is 2.19. The third-order valence-electron chi connectivity index (χ3n) is 6.42. The van der Waals surface area contributed by atoms with Crippen LogP contribution in [0.3, 0.4) is 0 Å².